The lowest BCUT2D eigenvalue weighted by molar-refractivity contribution is -0.144. The average Bonchev–Trinajstić information content (AvgIpc) is 3.59. The van der Waals surface area contributed by atoms with Crippen LogP contribution in [0.5, 0.6) is 0 Å². The number of rotatable bonds is 15. The molecule has 5 amide bonds. The minimum absolute atomic E-state index is 0.00431. The fourth-order valence-corrected chi connectivity index (χ4v) is 8.04. The first kappa shape index (κ1) is 41.4. The maximum Gasteiger partial charge on any atom is 0.315 e. The van der Waals surface area contributed by atoms with Crippen molar-refractivity contribution in [3.63, 3.8) is 0 Å². The second-order valence-corrected chi connectivity index (χ2v) is 18.9. The first-order valence-electron chi connectivity index (χ1n) is 17.8. The number of nitrogens with one attached hydrogen (secondary N) is 4. The fraction of sp³-hybridized carbons (Fsp3) is 0.800. The van der Waals surface area contributed by atoms with Crippen LogP contribution in [-0.4, -0.2) is 116 Å². The van der Waals surface area contributed by atoms with Crippen LogP contribution in [0.1, 0.15) is 86.5 Å². The molecule has 0 bridgehead atoms. The Kier molecular flexibility index (Phi) is 13.7. The third-order valence-electron chi connectivity index (χ3n) is 10.5. The first-order chi connectivity index (χ1) is 23.1. The molecule has 14 nitrogen and oxygen atoms in total. The number of likely N-dealkylation sites (N-methyl/N-ethyl adjacent to an activating group) is 1. The lowest BCUT2D eigenvalue weighted by Crippen LogP contribution is -2.62. The van der Waals surface area contributed by atoms with E-state index in [-0.39, 0.29) is 30.8 Å². The molecule has 3 rings (SSSR count). The fourth-order valence-electron chi connectivity index (χ4n) is 7.14. The molecule has 1 unspecified atom stereocenters. The number of likely N-dealkylation sites (tertiary alicyclic amines) is 1. The number of hydrogen-bond acceptors (Lipinski definition) is 7. The van der Waals surface area contributed by atoms with E-state index in [0.29, 0.717) is 13.0 Å². The second kappa shape index (κ2) is 16.5. The topological polar surface area (TPSA) is 177 Å². The molecule has 0 aromatic rings. The molecular formula is C35H61N7O7S. The van der Waals surface area contributed by atoms with Crippen molar-refractivity contribution >= 4 is 39.7 Å². The Morgan fingerprint density at radius 3 is 2.04 bits per heavy atom. The number of carbonyl (C=O) groups is 5. The molecule has 284 valence electrons. The Balaban J connectivity index is 1.84. The molecule has 0 aromatic heterocycles. The van der Waals surface area contributed by atoms with Crippen LogP contribution in [0.4, 0.5) is 4.79 Å². The van der Waals surface area contributed by atoms with E-state index in [0.717, 1.165) is 42.8 Å². The van der Waals surface area contributed by atoms with E-state index >= 15 is 0 Å². The Morgan fingerprint density at radius 1 is 0.900 bits per heavy atom. The van der Waals surface area contributed by atoms with Gasteiger partial charge in [-0.25, -0.2) is 4.79 Å². The lowest BCUT2D eigenvalue weighted by Gasteiger charge is -2.38. The summed E-state index contributed by atoms with van der Waals surface area (Å²) >= 11 is 0. The summed E-state index contributed by atoms with van der Waals surface area (Å²) in [7, 11) is 0.578. The van der Waals surface area contributed by atoms with Crippen LogP contribution in [0.2, 0.25) is 0 Å². The lowest BCUT2D eigenvalue weighted by atomic mass is 9.80. The highest BCUT2D eigenvalue weighted by Gasteiger charge is 2.52. The van der Waals surface area contributed by atoms with Crippen molar-refractivity contribution in [2.75, 3.05) is 40.8 Å². The minimum atomic E-state index is -3.74. The van der Waals surface area contributed by atoms with Crippen molar-refractivity contribution in [3.8, 4) is 0 Å². The molecule has 0 radical (unpaired) electrons. The van der Waals surface area contributed by atoms with Gasteiger partial charge >= 0.3 is 6.03 Å². The molecule has 3 aliphatic rings. The molecule has 50 heavy (non-hydrogen) atoms. The van der Waals surface area contributed by atoms with Crippen LogP contribution < -0.4 is 21.3 Å². The zero-order valence-corrected chi connectivity index (χ0v) is 32.3. The monoisotopic (exact) mass is 723 g/mol. The number of fused-ring (bicyclic) bond motifs is 1. The maximum absolute atomic E-state index is 14.5. The Hall–Kier alpha value is -3.04. The number of ketones is 1. The van der Waals surface area contributed by atoms with E-state index in [1.54, 1.807) is 4.90 Å². The van der Waals surface area contributed by atoms with Gasteiger partial charge in [-0.2, -0.15) is 17.0 Å². The van der Waals surface area contributed by atoms with Crippen molar-refractivity contribution in [2.24, 2.45) is 28.6 Å². The van der Waals surface area contributed by atoms with Gasteiger partial charge in [0.2, 0.25) is 17.6 Å². The molecule has 4 N–H and O–H groups in total. The van der Waals surface area contributed by atoms with Crippen molar-refractivity contribution < 1.29 is 32.4 Å². The van der Waals surface area contributed by atoms with Gasteiger partial charge in [0.05, 0.1) is 6.04 Å². The van der Waals surface area contributed by atoms with Gasteiger partial charge in [-0.05, 0) is 47.8 Å². The summed E-state index contributed by atoms with van der Waals surface area (Å²) in [5, 5.41) is 11.2. The molecule has 1 saturated heterocycles. The van der Waals surface area contributed by atoms with Crippen LogP contribution in [0.3, 0.4) is 0 Å². The Labute approximate surface area is 299 Å². The van der Waals surface area contributed by atoms with Crippen LogP contribution in [0, 0.1) is 28.6 Å². The molecule has 0 spiro atoms. The summed E-state index contributed by atoms with van der Waals surface area (Å²) in [4.78, 5) is 69.7. The van der Waals surface area contributed by atoms with E-state index in [4.69, 9.17) is 0 Å². The quantitative estimate of drug-likeness (QED) is 0.148. The summed E-state index contributed by atoms with van der Waals surface area (Å²) in [5.74, 6) is -2.15. The molecular weight excluding hydrogens is 662 g/mol. The van der Waals surface area contributed by atoms with Crippen molar-refractivity contribution in [3.05, 3.63) is 12.7 Å². The first-order valence-corrected chi connectivity index (χ1v) is 19.2. The number of Topliss-reactive ketones (excluding diaryl/α,β-unsaturated/α-hetero) is 1. The largest absolute Gasteiger partial charge is 0.346 e. The number of nitrogens with zero attached hydrogens (tertiary/aromatic N) is 3. The molecule has 15 heteroatoms. The number of urea groups is 1. The average molecular weight is 724 g/mol. The number of hydrogen-bond donors (Lipinski definition) is 4. The van der Waals surface area contributed by atoms with Crippen molar-refractivity contribution in [1.82, 2.24) is 34.8 Å². The molecule has 2 aliphatic carbocycles. The van der Waals surface area contributed by atoms with Gasteiger partial charge in [-0.3, -0.25) is 19.2 Å². The standard InChI is InChI=1S/C35H61N7O7S/c1-11-18-36-31(45)28(43)25(19-22-14-12-15-22)37-30(44)27-24-17-13-16-23(24)20-42(27)32(46)29(35(5,6)7)39-33(47)38-26(34(2,3)4)21-41(10)50(48,49)40(8)9/h11,22-27,29H,1,12-21H2,2-10H3,(H,36,45)(H,37,44)(H2,38,39,47)/t23-,24-,25?,26+,27-,29+/m0/s1. The van der Waals surface area contributed by atoms with Crippen molar-refractivity contribution in [2.45, 2.75) is 111 Å². The van der Waals surface area contributed by atoms with Crippen LogP contribution in [0.15, 0.2) is 12.7 Å². The number of amides is 5. The Bertz CT molecular complexity index is 1380. The SMILES string of the molecule is C=CCNC(=O)C(=O)C(CC1CCC1)NC(=O)[C@@H]1[C@H]2CCC[C@H]2CN1C(=O)[C@@H](NC(=O)N[C@H](CN(C)S(=O)(=O)N(C)C)C(C)(C)C)C(C)(C)C. The van der Waals surface area contributed by atoms with Gasteiger partial charge in [0.25, 0.3) is 16.1 Å². The smallest absolute Gasteiger partial charge is 0.315 e. The van der Waals surface area contributed by atoms with Gasteiger partial charge in [0, 0.05) is 46.8 Å². The van der Waals surface area contributed by atoms with E-state index in [9.17, 15) is 32.4 Å². The highest BCUT2D eigenvalue weighted by Crippen LogP contribution is 2.43. The highest BCUT2D eigenvalue weighted by molar-refractivity contribution is 7.86. The summed E-state index contributed by atoms with van der Waals surface area (Å²) in [6.45, 7) is 15.2. The van der Waals surface area contributed by atoms with E-state index in [1.165, 1.54) is 31.5 Å². The summed E-state index contributed by atoms with van der Waals surface area (Å²) < 4.78 is 27.8. The molecule has 0 aromatic carbocycles. The van der Waals surface area contributed by atoms with Crippen LogP contribution in [0.25, 0.3) is 0 Å². The molecule has 3 fully saturated rings. The van der Waals surface area contributed by atoms with Crippen LogP contribution >= 0.6 is 0 Å². The normalized spacial score (nSPS) is 23.0. The highest BCUT2D eigenvalue weighted by atomic mass is 32.2. The van der Waals surface area contributed by atoms with Gasteiger partial charge in [0.1, 0.15) is 12.1 Å². The molecule has 2 saturated carbocycles. The predicted octanol–water partition coefficient (Wildman–Crippen LogP) is 2.03. The number of carbonyl (C=O) groups excluding carboxylic acids is 5. The third kappa shape index (κ3) is 10.1. The Morgan fingerprint density at radius 2 is 1.52 bits per heavy atom. The van der Waals surface area contributed by atoms with Gasteiger partial charge in [-0.15, -0.1) is 6.58 Å². The van der Waals surface area contributed by atoms with Crippen molar-refractivity contribution in [1.29, 1.82) is 0 Å². The van der Waals surface area contributed by atoms with E-state index in [2.05, 4.69) is 27.8 Å². The summed E-state index contributed by atoms with van der Waals surface area (Å²) in [6.07, 6.45) is 7.24. The van der Waals surface area contributed by atoms with E-state index in [1.807, 2.05) is 41.5 Å². The van der Waals surface area contributed by atoms with Gasteiger partial charge in [-0.1, -0.05) is 73.3 Å². The minimum Gasteiger partial charge on any atom is -0.346 e. The second-order valence-electron chi connectivity index (χ2n) is 16.7. The summed E-state index contributed by atoms with van der Waals surface area (Å²) in [5.41, 5.74) is -1.30. The zero-order chi connectivity index (χ0) is 37.8. The molecule has 6 atom stereocenters. The maximum atomic E-state index is 14.5. The van der Waals surface area contributed by atoms with E-state index < -0.39 is 74.7 Å². The zero-order valence-electron chi connectivity index (χ0n) is 31.5. The molecule has 1 heterocycles. The predicted molar refractivity (Wildman–Crippen MR) is 192 cm³/mol. The van der Waals surface area contributed by atoms with Crippen LogP contribution in [-0.2, 0) is 29.4 Å². The summed E-state index contributed by atoms with van der Waals surface area (Å²) in [6, 6.07) is -4.15. The molecule has 1 aliphatic heterocycles. The van der Waals surface area contributed by atoms with Gasteiger partial charge in [0.15, 0.2) is 0 Å². The van der Waals surface area contributed by atoms with Gasteiger partial charge < -0.3 is 26.2 Å². The third-order valence-corrected chi connectivity index (χ3v) is 12.4.